The van der Waals surface area contributed by atoms with E-state index in [2.05, 4.69) is 53.3 Å². The zero-order valence-electron chi connectivity index (χ0n) is 22.1. The van der Waals surface area contributed by atoms with E-state index in [4.69, 9.17) is 5.73 Å². The van der Waals surface area contributed by atoms with Crippen LogP contribution in [0.2, 0.25) is 0 Å². The summed E-state index contributed by atoms with van der Waals surface area (Å²) < 4.78 is 0. The Hall–Kier alpha value is -2.10. The molecule has 4 atom stereocenters. The summed E-state index contributed by atoms with van der Waals surface area (Å²) in [5.74, 6) is 8.47. The molecule has 4 rings (SSSR count). The SMILES string of the molecule is CC#Cc1ccc(-c2ccc(C(=O)C3CCC(CNC(N)=NC)CC34CCC(CCCCC)C4)s2)s1. The number of nitrogens with two attached hydrogens (primary N) is 1. The lowest BCUT2D eigenvalue weighted by atomic mass is 9.60. The van der Waals surface area contributed by atoms with Gasteiger partial charge in [0.15, 0.2) is 11.7 Å². The summed E-state index contributed by atoms with van der Waals surface area (Å²) in [5.41, 5.74) is 6.06. The third-order valence-corrected chi connectivity index (χ3v) is 10.6. The second-order valence-corrected chi connectivity index (χ2v) is 12.9. The summed E-state index contributed by atoms with van der Waals surface area (Å²) in [4.78, 5) is 22.5. The second-order valence-electron chi connectivity index (χ2n) is 10.7. The van der Waals surface area contributed by atoms with Crippen LogP contribution in [0.5, 0.6) is 0 Å². The van der Waals surface area contributed by atoms with Gasteiger partial charge in [0, 0.05) is 29.3 Å². The van der Waals surface area contributed by atoms with Crippen molar-refractivity contribution in [2.75, 3.05) is 13.6 Å². The van der Waals surface area contributed by atoms with E-state index in [1.54, 1.807) is 29.7 Å². The van der Waals surface area contributed by atoms with Crippen LogP contribution in [0, 0.1) is 35.0 Å². The monoisotopic (exact) mass is 523 g/mol. The molecule has 4 unspecified atom stereocenters. The fourth-order valence-electron chi connectivity index (χ4n) is 6.58. The summed E-state index contributed by atoms with van der Waals surface area (Å²) in [5, 5.41) is 3.31. The van der Waals surface area contributed by atoms with Crippen LogP contribution in [-0.2, 0) is 0 Å². The highest BCUT2D eigenvalue weighted by molar-refractivity contribution is 7.23. The van der Waals surface area contributed by atoms with Crippen molar-refractivity contribution in [1.82, 2.24) is 5.32 Å². The van der Waals surface area contributed by atoms with Crippen LogP contribution < -0.4 is 11.1 Å². The molecular formula is C30H41N3OS2. The van der Waals surface area contributed by atoms with E-state index >= 15 is 0 Å². The van der Waals surface area contributed by atoms with Crippen LogP contribution in [0.1, 0.15) is 92.6 Å². The molecule has 2 heterocycles. The lowest BCUT2D eigenvalue weighted by Gasteiger charge is -2.44. The molecular weight excluding hydrogens is 482 g/mol. The van der Waals surface area contributed by atoms with Gasteiger partial charge in [0.2, 0.25) is 0 Å². The maximum Gasteiger partial charge on any atom is 0.188 e. The Morgan fingerprint density at radius 1 is 1.11 bits per heavy atom. The molecule has 2 aliphatic carbocycles. The number of aliphatic imine (C=N–C) groups is 1. The predicted molar refractivity (Wildman–Crippen MR) is 155 cm³/mol. The number of thiophene rings is 2. The van der Waals surface area contributed by atoms with E-state index in [-0.39, 0.29) is 11.3 Å². The van der Waals surface area contributed by atoms with Crippen LogP contribution in [0.15, 0.2) is 29.3 Å². The first-order valence-electron chi connectivity index (χ1n) is 13.6. The molecule has 2 aliphatic rings. The smallest absolute Gasteiger partial charge is 0.188 e. The first-order valence-corrected chi connectivity index (χ1v) is 15.2. The van der Waals surface area contributed by atoms with Gasteiger partial charge in [-0.2, -0.15) is 0 Å². The number of unbranched alkanes of at least 4 members (excludes halogenated alkanes) is 2. The first-order chi connectivity index (χ1) is 17.5. The molecule has 4 nitrogen and oxygen atoms in total. The van der Waals surface area contributed by atoms with E-state index < -0.39 is 0 Å². The molecule has 0 amide bonds. The highest BCUT2D eigenvalue weighted by Crippen LogP contribution is 2.57. The van der Waals surface area contributed by atoms with Gasteiger partial charge in [0.05, 0.1) is 9.75 Å². The van der Waals surface area contributed by atoms with Crippen molar-refractivity contribution in [2.24, 2.45) is 33.9 Å². The largest absolute Gasteiger partial charge is 0.370 e. The highest BCUT2D eigenvalue weighted by atomic mass is 32.1. The number of Topliss-reactive ketones (excluding diaryl/α,β-unsaturated/α-hetero) is 1. The van der Waals surface area contributed by atoms with Crippen molar-refractivity contribution in [3.8, 4) is 21.6 Å². The van der Waals surface area contributed by atoms with Crippen molar-refractivity contribution in [3.63, 3.8) is 0 Å². The zero-order chi connectivity index (χ0) is 25.5. The van der Waals surface area contributed by atoms with Gasteiger partial charge in [-0.1, -0.05) is 38.5 Å². The van der Waals surface area contributed by atoms with Gasteiger partial charge in [-0.05, 0) is 87.0 Å². The van der Waals surface area contributed by atoms with Crippen LogP contribution in [-0.4, -0.2) is 25.3 Å². The fraction of sp³-hybridized carbons (Fsp3) is 0.600. The number of nitrogens with one attached hydrogen (secondary N) is 1. The van der Waals surface area contributed by atoms with E-state index in [1.807, 2.05) is 6.92 Å². The van der Waals surface area contributed by atoms with Gasteiger partial charge >= 0.3 is 0 Å². The molecule has 0 radical (unpaired) electrons. The number of guanidine groups is 1. The minimum absolute atomic E-state index is 0.133. The molecule has 6 heteroatoms. The molecule has 2 saturated carbocycles. The van der Waals surface area contributed by atoms with E-state index in [9.17, 15) is 4.79 Å². The van der Waals surface area contributed by atoms with Gasteiger partial charge in [0.25, 0.3) is 0 Å². The van der Waals surface area contributed by atoms with Crippen molar-refractivity contribution in [1.29, 1.82) is 0 Å². The molecule has 3 N–H and O–H groups in total. The summed E-state index contributed by atoms with van der Waals surface area (Å²) >= 11 is 3.37. The number of carbonyl (C=O) groups excluding carboxylic acids is 1. The Labute approximate surface area is 225 Å². The van der Waals surface area contributed by atoms with E-state index in [0.717, 1.165) is 41.5 Å². The maximum atomic E-state index is 14.0. The van der Waals surface area contributed by atoms with Crippen molar-refractivity contribution < 1.29 is 4.79 Å². The highest BCUT2D eigenvalue weighted by Gasteiger charge is 2.51. The summed E-state index contributed by atoms with van der Waals surface area (Å²) in [6.45, 7) is 5.00. The van der Waals surface area contributed by atoms with Gasteiger partial charge < -0.3 is 11.1 Å². The Morgan fingerprint density at radius 2 is 1.89 bits per heavy atom. The standard InChI is InChI=1S/C30H41N3OS2/c1-4-6-7-9-21-16-17-30(18-21)19-22(20-33-29(31)32-3)10-12-24(30)28(34)27-15-14-26(36-27)25-13-11-23(35-25)8-5-2/h11,13-15,21-22,24H,4,6-7,9-10,12,16-20H2,1-3H3,(H3,31,32,33). The van der Waals surface area contributed by atoms with Crippen molar-refractivity contribution in [2.45, 2.75) is 78.1 Å². The summed E-state index contributed by atoms with van der Waals surface area (Å²) in [7, 11) is 1.72. The molecule has 2 aromatic heterocycles. The number of carbonyl (C=O) groups is 1. The molecule has 2 aromatic rings. The topological polar surface area (TPSA) is 67.5 Å². The number of ketones is 1. The molecule has 0 bridgehead atoms. The van der Waals surface area contributed by atoms with E-state index in [0.29, 0.717) is 17.7 Å². The minimum Gasteiger partial charge on any atom is -0.370 e. The third-order valence-electron chi connectivity index (χ3n) is 8.33. The fourth-order valence-corrected chi connectivity index (χ4v) is 8.58. The minimum atomic E-state index is 0.133. The van der Waals surface area contributed by atoms with Crippen molar-refractivity contribution >= 4 is 34.4 Å². The molecule has 2 fully saturated rings. The van der Waals surface area contributed by atoms with Crippen LogP contribution >= 0.6 is 22.7 Å². The molecule has 36 heavy (non-hydrogen) atoms. The number of hydrogen-bond donors (Lipinski definition) is 2. The van der Waals surface area contributed by atoms with Gasteiger partial charge in [0.1, 0.15) is 0 Å². The van der Waals surface area contributed by atoms with E-state index in [1.165, 1.54) is 54.7 Å². The summed E-state index contributed by atoms with van der Waals surface area (Å²) in [6.07, 6.45) is 12.1. The lowest BCUT2D eigenvalue weighted by Crippen LogP contribution is -2.44. The predicted octanol–water partition coefficient (Wildman–Crippen LogP) is 7.35. The van der Waals surface area contributed by atoms with Crippen LogP contribution in [0.25, 0.3) is 9.75 Å². The quantitative estimate of drug-likeness (QED) is 0.119. The maximum absolute atomic E-state index is 14.0. The average molecular weight is 524 g/mol. The molecule has 0 aliphatic heterocycles. The number of nitrogens with zero attached hydrogens (tertiary/aromatic N) is 1. The first kappa shape index (κ1) is 26.9. The van der Waals surface area contributed by atoms with Gasteiger partial charge in [-0.3, -0.25) is 9.79 Å². The Kier molecular flexibility index (Phi) is 9.30. The zero-order valence-corrected chi connectivity index (χ0v) is 23.7. The molecule has 1 spiro atoms. The normalized spacial score (nSPS) is 26.1. The molecule has 194 valence electrons. The van der Waals surface area contributed by atoms with Gasteiger partial charge in [-0.15, -0.1) is 28.6 Å². The third kappa shape index (κ3) is 6.23. The van der Waals surface area contributed by atoms with Crippen molar-refractivity contribution in [3.05, 3.63) is 34.0 Å². The molecule has 0 aromatic carbocycles. The summed E-state index contributed by atoms with van der Waals surface area (Å²) in [6, 6.07) is 8.41. The number of rotatable bonds is 9. The second kappa shape index (κ2) is 12.4. The average Bonchev–Trinajstić information content (AvgIpc) is 3.63. The molecule has 0 saturated heterocycles. The lowest BCUT2D eigenvalue weighted by molar-refractivity contribution is 0.0455. The number of hydrogen-bond acceptors (Lipinski definition) is 4. The Bertz CT molecular complexity index is 1120. The van der Waals surface area contributed by atoms with Gasteiger partial charge in [-0.25, -0.2) is 0 Å². The Morgan fingerprint density at radius 3 is 2.67 bits per heavy atom. The van der Waals surface area contributed by atoms with Crippen LogP contribution in [0.4, 0.5) is 0 Å². The van der Waals surface area contributed by atoms with Crippen LogP contribution in [0.3, 0.4) is 0 Å². The Balaban J connectivity index is 1.51.